The van der Waals surface area contributed by atoms with Gasteiger partial charge in [0.2, 0.25) is 0 Å². The van der Waals surface area contributed by atoms with E-state index < -0.39 is 6.10 Å². The van der Waals surface area contributed by atoms with Crippen LogP contribution in [-0.2, 0) is 0 Å². The van der Waals surface area contributed by atoms with Crippen LogP contribution in [0.15, 0.2) is 12.1 Å². The first-order valence-corrected chi connectivity index (χ1v) is 5.18. The van der Waals surface area contributed by atoms with E-state index in [0.717, 1.165) is 22.4 Å². The summed E-state index contributed by atoms with van der Waals surface area (Å²) in [7, 11) is 1.65. The van der Waals surface area contributed by atoms with Gasteiger partial charge in [-0.15, -0.1) is 0 Å². The van der Waals surface area contributed by atoms with Gasteiger partial charge in [0, 0.05) is 5.75 Å². The van der Waals surface area contributed by atoms with Crippen molar-refractivity contribution in [3.8, 4) is 5.75 Å². The van der Waals surface area contributed by atoms with Crippen LogP contribution < -0.4 is 4.74 Å². The summed E-state index contributed by atoms with van der Waals surface area (Å²) in [6.07, 6.45) is -0.497. The second-order valence-corrected chi connectivity index (χ2v) is 3.67. The van der Waals surface area contributed by atoms with Gasteiger partial charge in [-0.1, -0.05) is 6.07 Å². The third-order valence-corrected chi connectivity index (χ3v) is 2.88. The molecular formula is C11H16O2S. The van der Waals surface area contributed by atoms with E-state index in [0.29, 0.717) is 5.75 Å². The molecule has 0 aromatic heterocycles. The maximum absolute atomic E-state index is 9.68. The van der Waals surface area contributed by atoms with Crippen molar-refractivity contribution in [2.75, 3.05) is 12.9 Å². The highest BCUT2D eigenvalue weighted by Gasteiger charge is 2.12. The first kappa shape index (κ1) is 11.4. The highest BCUT2D eigenvalue weighted by atomic mass is 32.1. The van der Waals surface area contributed by atoms with Gasteiger partial charge in [0.15, 0.2) is 0 Å². The second-order valence-electron chi connectivity index (χ2n) is 3.31. The molecule has 1 unspecified atom stereocenters. The van der Waals surface area contributed by atoms with Gasteiger partial charge in [0.1, 0.15) is 5.75 Å². The Morgan fingerprint density at radius 3 is 2.50 bits per heavy atom. The zero-order valence-corrected chi connectivity index (χ0v) is 9.64. The normalized spacial score (nSPS) is 12.6. The Balaban J connectivity index is 3.17. The molecule has 1 N–H and O–H groups in total. The Bertz CT molecular complexity index is 323. The Morgan fingerprint density at radius 2 is 2.00 bits per heavy atom. The number of hydrogen-bond acceptors (Lipinski definition) is 3. The molecule has 0 fully saturated rings. The van der Waals surface area contributed by atoms with E-state index in [9.17, 15) is 5.11 Å². The van der Waals surface area contributed by atoms with Crippen LogP contribution in [0.1, 0.15) is 22.8 Å². The Morgan fingerprint density at radius 1 is 1.36 bits per heavy atom. The SMILES string of the molecule is COc1ccc(C(O)CS)c(C)c1C. The van der Waals surface area contributed by atoms with E-state index in [4.69, 9.17) is 4.74 Å². The summed E-state index contributed by atoms with van der Waals surface area (Å²) in [6.45, 7) is 3.97. The van der Waals surface area contributed by atoms with E-state index in [1.54, 1.807) is 7.11 Å². The monoisotopic (exact) mass is 212 g/mol. The maximum atomic E-state index is 9.68. The molecule has 0 aliphatic rings. The molecule has 2 nitrogen and oxygen atoms in total. The van der Waals surface area contributed by atoms with Crippen molar-refractivity contribution in [1.29, 1.82) is 0 Å². The number of methoxy groups -OCH3 is 1. The molecule has 0 saturated heterocycles. The summed E-state index contributed by atoms with van der Waals surface area (Å²) in [5, 5.41) is 9.68. The number of thiol groups is 1. The summed E-state index contributed by atoms with van der Waals surface area (Å²) in [5.41, 5.74) is 3.08. The van der Waals surface area contributed by atoms with Crippen molar-refractivity contribution < 1.29 is 9.84 Å². The summed E-state index contributed by atoms with van der Waals surface area (Å²) in [5.74, 6) is 1.30. The van der Waals surface area contributed by atoms with Gasteiger partial charge in [-0.25, -0.2) is 0 Å². The second kappa shape index (κ2) is 4.71. The fraction of sp³-hybridized carbons (Fsp3) is 0.455. The van der Waals surface area contributed by atoms with E-state index in [-0.39, 0.29) is 0 Å². The van der Waals surface area contributed by atoms with Crippen LogP contribution in [0.3, 0.4) is 0 Å². The average Bonchev–Trinajstić information content (AvgIpc) is 2.21. The van der Waals surface area contributed by atoms with Crippen molar-refractivity contribution >= 4 is 12.6 Å². The van der Waals surface area contributed by atoms with Gasteiger partial charge >= 0.3 is 0 Å². The van der Waals surface area contributed by atoms with Crippen LogP contribution in [0.2, 0.25) is 0 Å². The lowest BCUT2D eigenvalue weighted by Crippen LogP contribution is -2.03. The number of ether oxygens (including phenoxy) is 1. The molecule has 0 bridgehead atoms. The maximum Gasteiger partial charge on any atom is 0.122 e. The van der Waals surface area contributed by atoms with Crippen molar-refractivity contribution in [3.63, 3.8) is 0 Å². The molecule has 1 atom stereocenters. The number of aliphatic hydroxyl groups excluding tert-OH is 1. The molecule has 0 spiro atoms. The number of benzene rings is 1. The van der Waals surface area contributed by atoms with Crippen LogP contribution in [-0.4, -0.2) is 18.0 Å². The summed E-state index contributed by atoms with van der Waals surface area (Å²) in [6, 6.07) is 3.77. The molecule has 14 heavy (non-hydrogen) atoms. The van der Waals surface area contributed by atoms with Crippen molar-refractivity contribution in [3.05, 3.63) is 28.8 Å². The third-order valence-electron chi connectivity index (χ3n) is 2.53. The number of aliphatic hydroxyl groups is 1. The minimum atomic E-state index is -0.497. The topological polar surface area (TPSA) is 29.5 Å². The minimum absolute atomic E-state index is 0.437. The van der Waals surface area contributed by atoms with E-state index in [1.165, 1.54) is 0 Å². The summed E-state index contributed by atoms with van der Waals surface area (Å²) in [4.78, 5) is 0. The molecule has 0 aliphatic carbocycles. The molecular weight excluding hydrogens is 196 g/mol. The molecule has 1 aromatic carbocycles. The van der Waals surface area contributed by atoms with Gasteiger partial charge in [0.05, 0.1) is 13.2 Å². The Kier molecular flexibility index (Phi) is 3.84. The Hall–Kier alpha value is -0.670. The van der Waals surface area contributed by atoms with Crippen LogP contribution in [0.4, 0.5) is 0 Å². The quantitative estimate of drug-likeness (QED) is 0.753. The van der Waals surface area contributed by atoms with Gasteiger partial charge < -0.3 is 9.84 Å². The lowest BCUT2D eigenvalue weighted by molar-refractivity contribution is 0.203. The van der Waals surface area contributed by atoms with E-state index >= 15 is 0 Å². The molecule has 78 valence electrons. The molecule has 3 heteroatoms. The molecule has 0 radical (unpaired) electrons. The molecule has 0 saturated carbocycles. The zero-order valence-electron chi connectivity index (χ0n) is 8.74. The highest BCUT2D eigenvalue weighted by molar-refractivity contribution is 7.80. The van der Waals surface area contributed by atoms with E-state index in [2.05, 4.69) is 12.6 Å². The molecule has 1 rings (SSSR count). The van der Waals surface area contributed by atoms with Crippen LogP contribution in [0.5, 0.6) is 5.75 Å². The van der Waals surface area contributed by atoms with Crippen molar-refractivity contribution in [2.24, 2.45) is 0 Å². The third kappa shape index (κ3) is 2.04. The highest BCUT2D eigenvalue weighted by Crippen LogP contribution is 2.27. The lowest BCUT2D eigenvalue weighted by atomic mass is 9.99. The first-order valence-electron chi connectivity index (χ1n) is 4.54. The first-order chi connectivity index (χ1) is 6.61. The largest absolute Gasteiger partial charge is 0.496 e. The van der Waals surface area contributed by atoms with Gasteiger partial charge in [-0.3, -0.25) is 0 Å². The van der Waals surface area contributed by atoms with E-state index in [1.807, 2.05) is 26.0 Å². The lowest BCUT2D eigenvalue weighted by Gasteiger charge is -2.15. The van der Waals surface area contributed by atoms with Crippen molar-refractivity contribution in [2.45, 2.75) is 20.0 Å². The van der Waals surface area contributed by atoms with Gasteiger partial charge in [-0.05, 0) is 36.6 Å². The standard InChI is InChI=1S/C11H16O2S/c1-7-8(2)11(13-3)5-4-9(7)10(12)6-14/h4-5,10,12,14H,6H2,1-3H3. The minimum Gasteiger partial charge on any atom is -0.496 e. The zero-order chi connectivity index (χ0) is 10.7. The van der Waals surface area contributed by atoms with Crippen LogP contribution in [0, 0.1) is 13.8 Å². The van der Waals surface area contributed by atoms with Gasteiger partial charge in [0.25, 0.3) is 0 Å². The molecule has 1 aromatic rings. The van der Waals surface area contributed by atoms with Crippen LogP contribution >= 0.6 is 12.6 Å². The fourth-order valence-corrected chi connectivity index (χ4v) is 1.69. The van der Waals surface area contributed by atoms with Crippen molar-refractivity contribution in [1.82, 2.24) is 0 Å². The van der Waals surface area contributed by atoms with Gasteiger partial charge in [-0.2, -0.15) is 12.6 Å². The number of rotatable bonds is 3. The predicted molar refractivity (Wildman–Crippen MR) is 61.3 cm³/mol. The predicted octanol–water partition coefficient (Wildman–Crippen LogP) is 2.28. The smallest absolute Gasteiger partial charge is 0.122 e. The summed E-state index contributed by atoms with van der Waals surface area (Å²) < 4.78 is 5.19. The molecule has 0 amide bonds. The Labute approximate surface area is 90.3 Å². The molecule has 0 aliphatic heterocycles. The van der Waals surface area contributed by atoms with Crippen LogP contribution in [0.25, 0.3) is 0 Å². The number of hydrogen-bond donors (Lipinski definition) is 2. The average molecular weight is 212 g/mol. The summed E-state index contributed by atoms with van der Waals surface area (Å²) >= 11 is 4.08. The molecule has 0 heterocycles. The fourth-order valence-electron chi connectivity index (χ4n) is 1.50.